The normalized spacial score (nSPS) is 26.1. The van der Waals surface area contributed by atoms with E-state index in [9.17, 15) is 26.4 Å². The third kappa shape index (κ3) is 4.57. The highest BCUT2D eigenvalue weighted by Gasteiger charge is 2.57. The molecule has 1 spiro atoms. The van der Waals surface area contributed by atoms with E-state index >= 15 is 0 Å². The SMILES string of the molecule is CN1CCC2(C1)C(N)=N[C@](C)(c1cc(NC(=O)c3ccc(OC(F)F)cn3)ccc1F)CS2(=O)=O. The lowest BCUT2D eigenvalue weighted by atomic mass is 9.92. The van der Waals surface area contributed by atoms with Gasteiger partial charge in [0.15, 0.2) is 9.84 Å². The molecule has 0 saturated carbocycles. The van der Waals surface area contributed by atoms with Crippen molar-refractivity contribution in [2.24, 2.45) is 10.7 Å². The summed E-state index contributed by atoms with van der Waals surface area (Å²) in [6.45, 7) is -0.782. The van der Waals surface area contributed by atoms with Gasteiger partial charge in [0.25, 0.3) is 5.91 Å². The highest BCUT2D eigenvalue weighted by Crippen LogP contribution is 2.42. The predicted molar refractivity (Wildman–Crippen MR) is 123 cm³/mol. The first-order valence-electron chi connectivity index (χ1n) is 10.6. The summed E-state index contributed by atoms with van der Waals surface area (Å²) in [5.74, 6) is -2.11. The van der Waals surface area contributed by atoms with Gasteiger partial charge in [0.05, 0.1) is 11.9 Å². The number of anilines is 1. The summed E-state index contributed by atoms with van der Waals surface area (Å²) in [6.07, 6.45) is 1.28. The summed E-state index contributed by atoms with van der Waals surface area (Å²) >= 11 is 0. The number of aromatic nitrogens is 1. The number of sulfone groups is 1. The van der Waals surface area contributed by atoms with Gasteiger partial charge in [-0.1, -0.05) is 0 Å². The van der Waals surface area contributed by atoms with Gasteiger partial charge in [-0.05, 0) is 57.3 Å². The van der Waals surface area contributed by atoms with E-state index < -0.39 is 44.2 Å². The first-order valence-corrected chi connectivity index (χ1v) is 12.3. The number of likely N-dealkylation sites (tertiary alicyclic amines) is 1. The minimum atomic E-state index is -3.80. The van der Waals surface area contributed by atoms with Crippen molar-refractivity contribution in [1.82, 2.24) is 9.88 Å². The monoisotopic (exact) mass is 511 g/mol. The Morgan fingerprint density at radius 1 is 1.29 bits per heavy atom. The molecule has 2 atom stereocenters. The molecule has 1 fully saturated rings. The summed E-state index contributed by atoms with van der Waals surface area (Å²) in [5.41, 5.74) is 4.71. The van der Waals surface area contributed by atoms with E-state index in [1.807, 2.05) is 4.90 Å². The zero-order valence-corrected chi connectivity index (χ0v) is 19.8. The molecule has 0 bridgehead atoms. The molecule has 1 aromatic heterocycles. The lowest BCUT2D eigenvalue weighted by Gasteiger charge is -2.39. The highest BCUT2D eigenvalue weighted by molar-refractivity contribution is 7.93. The van der Waals surface area contributed by atoms with E-state index in [4.69, 9.17) is 5.73 Å². The molecule has 1 amide bonds. The molecular formula is C22H24F3N5O4S. The van der Waals surface area contributed by atoms with Gasteiger partial charge >= 0.3 is 6.61 Å². The van der Waals surface area contributed by atoms with Gasteiger partial charge in [0.2, 0.25) is 0 Å². The van der Waals surface area contributed by atoms with Crippen LogP contribution in [0.2, 0.25) is 0 Å². The topological polar surface area (TPSA) is 127 Å². The Hall–Kier alpha value is -3.19. The van der Waals surface area contributed by atoms with Crippen LogP contribution in [-0.4, -0.2) is 67.3 Å². The number of amidine groups is 1. The summed E-state index contributed by atoms with van der Waals surface area (Å²) < 4.78 is 69.1. The second-order valence-corrected chi connectivity index (χ2v) is 11.2. The van der Waals surface area contributed by atoms with Crippen LogP contribution < -0.4 is 15.8 Å². The zero-order valence-electron chi connectivity index (χ0n) is 19.0. The molecule has 2 aromatic rings. The number of nitrogens with one attached hydrogen (secondary N) is 1. The predicted octanol–water partition coefficient (Wildman–Crippen LogP) is 2.15. The fraction of sp³-hybridized carbons (Fsp3) is 0.409. The number of ether oxygens (including phenoxy) is 1. The van der Waals surface area contributed by atoms with Crippen molar-refractivity contribution in [3.05, 3.63) is 53.6 Å². The molecule has 1 saturated heterocycles. The second kappa shape index (κ2) is 8.79. The Morgan fingerprint density at radius 3 is 2.60 bits per heavy atom. The Labute approximate surface area is 200 Å². The molecule has 1 unspecified atom stereocenters. The molecule has 13 heteroatoms. The summed E-state index contributed by atoms with van der Waals surface area (Å²) in [6, 6.07) is 6.04. The van der Waals surface area contributed by atoms with Gasteiger partial charge in [0, 0.05) is 17.8 Å². The molecule has 2 aliphatic heterocycles. The van der Waals surface area contributed by atoms with E-state index in [0.29, 0.717) is 13.0 Å². The first kappa shape index (κ1) is 24.9. The quantitative estimate of drug-likeness (QED) is 0.630. The van der Waals surface area contributed by atoms with Crippen LogP contribution in [0.5, 0.6) is 5.75 Å². The van der Waals surface area contributed by atoms with Gasteiger partial charge in [-0.2, -0.15) is 8.78 Å². The average molecular weight is 512 g/mol. The van der Waals surface area contributed by atoms with E-state index in [2.05, 4.69) is 20.0 Å². The molecule has 0 aliphatic carbocycles. The number of nitrogens with zero attached hydrogens (tertiary/aromatic N) is 3. The number of alkyl halides is 2. The average Bonchev–Trinajstić information content (AvgIpc) is 3.17. The van der Waals surface area contributed by atoms with Gasteiger partial charge in [-0.3, -0.25) is 9.79 Å². The van der Waals surface area contributed by atoms with Crippen molar-refractivity contribution in [2.75, 3.05) is 31.2 Å². The van der Waals surface area contributed by atoms with Crippen LogP contribution in [0.4, 0.5) is 18.9 Å². The Morgan fingerprint density at radius 2 is 2.03 bits per heavy atom. The molecule has 3 heterocycles. The van der Waals surface area contributed by atoms with Crippen LogP contribution in [0.1, 0.15) is 29.4 Å². The molecule has 35 heavy (non-hydrogen) atoms. The molecule has 4 rings (SSSR count). The van der Waals surface area contributed by atoms with E-state index in [1.165, 1.54) is 25.1 Å². The van der Waals surface area contributed by atoms with Crippen LogP contribution in [0.3, 0.4) is 0 Å². The van der Waals surface area contributed by atoms with Crippen LogP contribution in [0.25, 0.3) is 0 Å². The molecule has 0 radical (unpaired) electrons. The summed E-state index contributed by atoms with van der Waals surface area (Å²) in [5, 5.41) is 2.54. The van der Waals surface area contributed by atoms with E-state index in [-0.39, 0.29) is 35.1 Å². The number of carbonyl (C=O) groups is 1. The third-order valence-electron chi connectivity index (χ3n) is 6.32. The molecule has 9 nitrogen and oxygen atoms in total. The van der Waals surface area contributed by atoms with Crippen molar-refractivity contribution < 1.29 is 31.1 Å². The summed E-state index contributed by atoms with van der Waals surface area (Å²) in [7, 11) is -2.00. The van der Waals surface area contributed by atoms with Crippen molar-refractivity contribution >= 4 is 27.3 Å². The lowest BCUT2D eigenvalue weighted by molar-refractivity contribution is -0.0500. The number of aliphatic imine (C=N–C) groups is 1. The number of rotatable bonds is 5. The fourth-order valence-electron chi connectivity index (χ4n) is 4.53. The Kier molecular flexibility index (Phi) is 6.26. The molecule has 188 valence electrons. The van der Waals surface area contributed by atoms with Crippen LogP contribution in [0.15, 0.2) is 41.5 Å². The van der Waals surface area contributed by atoms with Crippen LogP contribution in [-0.2, 0) is 15.4 Å². The van der Waals surface area contributed by atoms with E-state index in [0.717, 1.165) is 18.3 Å². The maximum absolute atomic E-state index is 14.9. The number of hydrogen-bond donors (Lipinski definition) is 2. The summed E-state index contributed by atoms with van der Waals surface area (Å²) in [4.78, 5) is 22.7. The number of hydrogen-bond acceptors (Lipinski definition) is 8. The number of carbonyl (C=O) groups excluding carboxylic acids is 1. The zero-order chi connectivity index (χ0) is 25.6. The third-order valence-corrected chi connectivity index (χ3v) is 9.00. The molecule has 3 N–H and O–H groups in total. The Bertz CT molecular complexity index is 1290. The molecule has 1 aromatic carbocycles. The van der Waals surface area contributed by atoms with Crippen molar-refractivity contribution in [3.63, 3.8) is 0 Å². The second-order valence-electron chi connectivity index (χ2n) is 8.92. The highest BCUT2D eigenvalue weighted by atomic mass is 32.2. The first-order chi connectivity index (χ1) is 16.3. The van der Waals surface area contributed by atoms with Gasteiger partial charge < -0.3 is 20.7 Å². The molecular weight excluding hydrogens is 487 g/mol. The smallest absolute Gasteiger partial charge is 0.387 e. The van der Waals surface area contributed by atoms with Crippen molar-refractivity contribution in [3.8, 4) is 5.75 Å². The van der Waals surface area contributed by atoms with Crippen molar-refractivity contribution in [2.45, 2.75) is 30.2 Å². The van der Waals surface area contributed by atoms with Crippen LogP contribution >= 0.6 is 0 Å². The van der Waals surface area contributed by atoms with Gasteiger partial charge in [-0.15, -0.1) is 0 Å². The van der Waals surface area contributed by atoms with Gasteiger partial charge in [0.1, 0.15) is 33.4 Å². The maximum atomic E-state index is 14.9. The van der Waals surface area contributed by atoms with Crippen LogP contribution in [0, 0.1) is 5.82 Å². The van der Waals surface area contributed by atoms with Crippen molar-refractivity contribution in [1.29, 1.82) is 0 Å². The lowest BCUT2D eigenvalue weighted by Crippen LogP contribution is -2.59. The molecule has 2 aliphatic rings. The minimum Gasteiger partial charge on any atom is -0.433 e. The van der Waals surface area contributed by atoms with Gasteiger partial charge in [-0.25, -0.2) is 17.8 Å². The fourth-order valence-corrected chi connectivity index (χ4v) is 6.95. The number of benzene rings is 1. The maximum Gasteiger partial charge on any atom is 0.387 e. The number of nitrogens with two attached hydrogens (primary N) is 1. The standard InChI is InChI=1S/C22H24F3N5O4S/c1-21(12-35(32,33)22(19(26)29-21)7-8-30(2)11-22)15-9-13(3-5-16(15)23)28-18(31)17-6-4-14(10-27-17)34-20(24)25/h3-6,9-10,20H,7-8,11-12H2,1-2H3,(H2,26,29)(H,28,31)/t21-,22?/m0/s1. The minimum absolute atomic E-state index is 0.0448. The largest absolute Gasteiger partial charge is 0.433 e. The number of pyridine rings is 1. The number of halogens is 3. The Balaban J connectivity index is 1.62. The van der Waals surface area contributed by atoms with E-state index in [1.54, 1.807) is 7.05 Å². The number of amides is 1.